The van der Waals surface area contributed by atoms with E-state index in [4.69, 9.17) is 17.1 Å². The van der Waals surface area contributed by atoms with Gasteiger partial charge >= 0.3 is 5.69 Å². The lowest BCUT2D eigenvalue weighted by molar-refractivity contribution is -0.385. The number of nitro groups is 1. The summed E-state index contributed by atoms with van der Waals surface area (Å²) in [6.07, 6.45) is 4.01. The Labute approximate surface area is 108 Å². The molecule has 0 bridgehead atoms. The highest BCUT2D eigenvalue weighted by atomic mass is 35.5. The van der Waals surface area contributed by atoms with Gasteiger partial charge in [0.25, 0.3) is 0 Å². The molecule has 1 aromatic heterocycles. The van der Waals surface area contributed by atoms with Crippen molar-refractivity contribution in [1.29, 1.82) is 0 Å². The first-order valence-electron chi connectivity index (χ1n) is 5.05. The molecule has 0 spiro atoms. The molecule has 0 fully saturated rings. The second kappa shape index (κ2) is 6.58. The monoisotopic (exact) mass is 267 g/mol. The van der Waals surface area contributed by atoms with Crippen LogP contribution < -0.4 is 0 Å². The Morgan fingerprint density at radius 3 is 3.06 bits per heavy atom. The van der Waals surface area contributed by atoms with Gasteiger partial charge in [-0.2, -0.15) is 0 Å². The summed E-state index contributed by atoms with van der Waals surface area (Å²) in [7, 11) is 0. The van der Waals surface area contributed by atoms with Crippen molar-refractivity contribution in [2.75, 3.05) is 6.54 Å². The summed E-state index contributed by atoms with van der Waals surface area (Å²) in [5, 5.41) is 14.0. The smallest absolute Gasteiger partial charge is 0.258 e. The van der Waals surface area contributed by atoms with Gasteiger partial charge in [0, 0.05) is 28.8 Å². The third kappa shape index (κ3) is 3.73. The van der Waals surface area contributed by atoms with Gasteiger partial charge in [0.15, 0.2) is 0 Å². The molecule has 1 rings (SSSR count). The van der Waals surface area contributed by atoms with E-state index in [2.05, 4.69) is 15.0 Å². The van der Waals surface area contributed by atoms with Gasteiger partial charge in [-0.25, -0.2) is 4.98 Å². The summed E-state index contributed by atoms with van der Waals surface area (Å²) in [4.78, 5) is 16.6. The Bertz CT molecular complexity index is 537. The van der Waals surface area contributed by atoms with Crippen LogP contribution in [-0.2, 0) is 0 Å². The fourth-order valence-corrected chi connectivity index (χ4v) is 1.51. The zero-order valence-electron chi connectivity index (χ0n) is 9.58. The van der Waals surface area contributed by atoms with Crippen molar-refractivity contribution in [2.45, 2.75) is 13.3 Å². The Morgan fingerprint density at radius 2 is 2.44 bits per heavy atom. The maximum absolute atomic E-state index is 10.7. The lowest BCUT2D eigenvalue weighted by Gasteiger charge is -2.01. The van der Waals surface area contributed by atoms with Crippen LogP contribution in [-0.4, -0.2) is 16.5 Å². The molecule has 0 saturated carbocycles. The van der Waals surface area contributed by atoms with Crippen molar-refractivity contribution in [3.63, 3.8) is 0 Å². The van der Waals surface area contributed by atoms with Gasteiger partial charge < -0.3 is 0 Å². The molecule has 0 atom stereocenters. The molecule has 0 N–H and O–H groups in total. The van der Waals surface area contributed by atoms with Gasteiger partial charge in [-0.1, -0.05) is 28.9 Å². The average molecular weight is 268 g/mol. The first-order chi connectivity index (χ1) is 8.56. The lowest BCUT2D eigenvalue weighted by atomic mass is 10.1. The van der Waals surface area contributed by atoms with Gasteiger partial charge in [-0.15, -0.1) is 0 Å². The lowest BCUT2D eigenvalue weighted by Crippen LogP contribution is -1.95. The molecular formula is C10H10ClN5O2. The number of azide groups is 1. The Hall–Kier alpha value is -2.11. The van der Waals surface area contributed by atoms with Crippen LogP contribution in [0.25, 0.3) is 16.5 Å². The second-order valence-electron chi connectivity index (χ2n) is 3.38. The predicted molar refractivity (Wildman–Crippen MR) is 68.3 cm³/mol. The third-order valence-electron chi connectivity index (χ3n) is 2.14. The SMILES string of the molecule is Cc1nc(Cl)c([N+](=O)[O-])cc1C=CCCN=[N+]=[N-]. The highest BCUT2D eigenvalue weighted by Crippen LogP contribution is 2.25. The molecule has 0 saturated heterocycles. The summed E-state index contributed by atoms with van der Waals surface area (Å²) < 4.78 is 0. The van der Waals surface area contributed by atoms with Gasteiger partial charge in [0.05, 0.1) is 4.92 Å². The molecule has 1 aromatic rings. The molecule has 0 amide bonds. The van der Waals surface area contributed by atoms with Crippen LogP contribution in [0.1, 0.15) is 17.7 Å². The highest BCUT2D eigenvalue weighted by molar-refractivity contribution is 6.31. The van der Waals surface area contributed by atoms with Crippen LogP contribution in [0, 0.1) is 17.0 Å². The molecule has 7 nitrogen and oxygen atoms in total. The van der Waals surface area contributed by atoms with Crippen molar-refractivity contribution < 1.29 is 4.92 Å². The Morgan fingerprint density at radius 1 is 1.72 bits per heavy atom. The molecule has 94 valence electrons. The molecule has 0 aliphatic carbocycles. The van der Waals surface area contributed by atoms with Crippen LogP contribution in [0.3, 0.4) is 0 Å². The maximum atomic E-state index is 10.7. The molecular weight excluding hydrogens is 258 g/mol. The van der Waals surface area contributed by atoms with E-state index in [-0.39, 0.29) is 10.8 Å². The minimum atomic E-state index is -0.577. The van der Waals surface area contributed by atoms with Crippen LogP contribution >= 0.6 is 11.6 Å². The summed E-state index contributed by atoms with van der Waals surface area (Å²) in [6, 6.07) is 1.37. The minimum Gasteiger partial charge on any atom is -0.258 e. The summed E-state index contributed by atoms with van der Waals surface area (Å²) in [5.41, 5.74) is 9.08. The van der Waals surface area contributed by atoms with E-state index in [9.17, 15) is 10.1 Å². The van der Waals surface area contributed by atoms with Gasteiger partial charge in [-0.3, -0.25) is 10.1 Å². The Balaban J connectivity index is 2.91. The van der Waals surface area contributed by atoms with Gasteiger partial charge in [0.2, 0.25) is 5.15 Å². The third-order valence-corrected chi connectivity index (χ3v) is 2.42. The Kier molecular flexibility index (Phi) is 5.10. The van der Waals surface area contributed by atoms with E-state index in [1.165, 1.54) is 6.07 Å². The van der Waals surface area contributed by atoms with E-state index in [0.717, 1.165) is 0 Å². The first kappa shape index (κ1) is 14.0. The topological polar surface area (TPSA) is 105 Å². The largest absolute Gasteiger partial charge is 0.307 e. The number of hydrogen-bond acceptors (Lipinski definition) is 4. The molecule has 8 heteroatoms. The van der Waals surface area contributed by atoms with E-state index in [0.29, 0.717) is 24.2 Å². The van der Waals surface area contributed by atoms with E-state index in [1.54, 1.807) is 19.1 Å². The zero-order chi connectivity index (χ0) is 13.5. The fourth-order valence-electron chi connectivity index (χ4n) is 1.26. The summed E-state index contributed by atoms with van der Waals surface area (Å²) in [6.45, 7) is 2.05. The minimum absolute atomic E-state index is 0.122. The van der Waals surface area contributed by atoms with Crippen LogP contribution in [0.2, 0.25) is 5.15 Å². The highest BCUT2D eigenvalue weighted by Gasteiger charge is 2.15. The number of pyridine rings is 1. The van der Waals surface area contributed by atoms with E-state index in [1.807, 2.05) is 0 Å². The standard InChI is InChI=1S/C10H10ClN5O2/c1-7-8(4-2-3-5-13-15-12)6-9(16(17)18)10(11)14-7/h2,4,6H,3,5H2,1H3. The van der Waals surface area contributed by atoms with Crippen LogP contribution in [0.15, 0.2) is 17.3 Å². The quantitative estimate of drug-likeness (QED) is 0.154. The predicted octanol–water partition coefficient (Wildman–Crippen LogP) is 3.67. The second-order valence-corrected chi connectivity index (χ2v) is 3.73. The molecule has 0 unspecified atom stereocenters. The van der Waals surface area contributed by atoms with Gasteiger partial charge in [-0.05, 0) is 18.9 Å². The number of aryl methyl sites for hydroxylation is 1. The van der Waals surface area contributed by atoms with Crippen LogP contribution in [0.5, 0.6) is 0 Å². The van der Waals surface area contributed by atoms with Crippen molar-refractivity contribution in [3.05, 3.63) is 49.1 Å². The van der Waals surface area contributed by atoms with Crippen molar-refractivity contribution in [3.8, 4) is 0 Å². The van der Waals surface area contributed by atoms with Crippen LogP contribution in [0.4, 0.5) is 5.69 Å². The van der Waals surface area contributed by atoms with Gasteiger partial charge in [0.1, 0.15) is 0 Å². The maximum Gasteiger partial charge on any atom is 0.307 e. The van der Waals surface area contributed by atoms with Crippen molar-refractivity contribution in [1.82, 2.24) is 4.98 Å². The number of aromatic nitrogens is 1. The fraction of sp³-hybridized carbons (Fsp3) is 0.300. The molecule has 18 heavy (non-hydrogen) atoms. The first-order valence-corrected chi connectivity index (χ1v) is 5.43. The average Bonchev–Trinajstić information content (AvgIpc) is 2.30. The number of nitrogens with zero attached hydrogens (tertiary/aromatic N) is 5. The number of halogens is 1. The molecule has 0 aliphatic rings. The molecule has 0 aliphatic heterocycles. The summed E-state index contributed by atoms with van der Waals surface area (Å²) in [5.74, 6) is 0. The molecule has 0 radical (unpaired) electrons. The number of hydrogen-bond donors (Lipinski definition) is 0. The molecule has 1 heterocycles. The van der Waals surface area contributed by atoms with Crippen molar-refractivity contribution >= 4 is 23.4 Å². The summed E-state index contributed by atoms with van der Waals surface area (Å²) >= 11 is 5.67. The van der Waals surface area contributed by atoms with Crippen molar-refractivity contribution in [2.24, 2.45) is 5.11 Å². The number of rotatable bonds is 5. The van der Waals surface area contributed by atoms with E-state index < -0.39 is 4.92 Å². The normalized spacial score (nSPS) is 10.3. The van der Waals surface area contributed by atoms with E-state index >= 15 is 0 Å². The zero-order valence-corrected chi connectivity index (χ0v) is 10.3. The molecule has 0 aromatic carbocycles.